The van der Waals surface area contributed by atoms with Gasteiger partial charge in [-0.05, 0) is 19.3 Å². The van der Waals surface area contributed by atoms with Crippen LogP contribution in [-0.2, 0) is 32.3 Å². The Labute approximate surface area is 158 Å². The van der Waals surface area contributed by atoms with Gasteiger partial charge in [-0.2, -0.15) is 0 Å². The van der Waals surface area contributed by atoms with Crippen LogP contribution < -0.4 is 0 Å². The molecular formula is C16H26N4O4S2. The fourth-order valence-corrected chi connectivity index (χ4v) is 6.10. The first-order valence-corrected chi connectivity index (χ1v) is 11.8. The maximum Gasteiger partial charge on any atom is 0.233 e. The van der Waals surface area contributed by atoms with Gasteiger partial charge in [-0.15, -0.1) is 10.2 Å². The Morgan fingerprint density at radius 3 is 2.92 bits per heavy atom. The van der Waals surface area contributed by atoms with Crippen LogP contribution in [0.15, 0.2) is 5.16 Å². The number of amides is 1. The maximum atomic E-state index is 12.8. The van der Waals surface area contributed by atoms with Gasteiger partial charge in [-0.25, -0.2) is 8.42 Å². The van der Waals surface area contributed by atoms with E-state index in [2.05, 4.69) is 14.8 Å². The third-order valence-corrected chi connectivity index (χ3v) is 7.61. The van der Waals surface area contributed by atoms with Crippen molar-refractivity contribution in [3.05, 3.63) is 5.82 Å². The van der Waals surface area contributed by atoms with Crippen molar-refractivity contribution >= 4 is 27.5 Å². The van der Waals surface area contributed by atoms with E-state index in [1.807, 2.05) is 0 Å². The van der Waals surface area contributed by atoms with Gasteiger partial charge in [0.05, 0.1) is 23.9 Å². The van der Waals surface area contributed by atoms with Crippen molar-refractivity contribution in [1.82, 2.24) is 19.7 Å². The first kappa shape index (κ1) is 19.6. The Morgan fingerprint density at radius 2 is 2.19 bits per heavy atom. The summed E-state index contributed by atoms with van der Waals surface area (Å²) in [4.78, 5) is 14.4. The molecule has 10 heteroatoms. The summed E-state index contributed by atoms with van der Waals surface area (Å²) >= 11 is 1.39. The van der Waals surface area contributed by atoms with Gasteiger partial charge in [0.2, 0.25) is 5.91 Å². The molecule has 0 spiro atoms. The number of ether oxygens (including phenoxy) is 1. The minimum Gasteiger partial charge on any atom is -0.383 e. The number of nitrogens with zero attached hydrogens (tertiary/aromatic N) is 4. The Balaban J connectivity index is 1.63. The van der Waals surface area contributed by atoms with Crippen LogP contribution in [0.25, 0.3) is 0 Å². The quantitative estimate of drug-likeness (QED) is 0.622. The van der Waals surface area contributed by atoms with Gasteiger partial charge in [-0.1, -0.05) is 18.2 Å². The summed E-state index contributed by atoms with van der Waals surface area (Å²) in [6, 6.07) is -0.251. The molecule has 0 saturated carbocycles. The number of sulfone groups is 1. The second kappa shape index (κ2) is 8.71. The van der Waals surface area contributed by atoms with Crippen LogP contribution in [0.3, 0.4) is 0 Å². The van der Waals surface area contributed by atoms with Crippen LogP contribution in [0.2, 0.25) is 0 Å². The van der Waals surface area contributed by atoms with Gasteiger partial charge >= 0.3 is 0 Å². The Kier molecular flexibility index (Phi) is 6.57. The largest absolute Gasteiger partial charge is 0.383 e. The molecular weight excluding hydrogens is 376 g/mol. The SMILES string of the molecule is COCCN(C(=O)CSc1nnc2n1CCCCC2)[C@@H]1CCS(=O)(=O)C1. The molecule has 1 amide bonds. The lowest BCUT2D eigenvalue weighted by atomic mass is 10.2. The third kappa shape index (κ3) is 4.77. The summed E-state index contributed by atoms with van der Waals surface area (Å²) in [6.07, 6.45) is 4.85. The highest BCUT2D eigenvalue weighted by Crippen LogP contribution is 2.24. The molecule has 1 atom stereocenters. The number of hydrogen-bond donors (Lipinski definition) is 0. The fraction of sp³-hybridized carbons (Fsp3) is 0.812. The van der Waals surface area contributed by atoms with E-state index in [4.69, 9.17) is 4.74 Å². The molecule has 2 aliphatic rings. The number of methoxy groups -OCH3 is 1. The van der Waals surface area contributed by atoms with Gasteiger partial charge < -0.3 is 14.2 Å². The number of thioether (sulfide) groups is 1. The van der Waals surface area contributed by atoms with Gasteiger partial charge in [0.1, 0.15) is 5.82 Å². The van der Waals surface area contributed by atoms with Gasteiger partial charge in [0, 0.05) is 32.7 Å². The Morgan fingerprint density at radius 1 is 1.35 bits per heavy atom. The minimum atomic E-state index is -3.04. The summed E-state index contributed by atoms with van der Waals surface area (Å²) in [5, 5.41) is 9.27. The molecule has 1 fully saturated rings. The summed E-state index contributed by atoms with van der Waals surface area (Å²) in [6.45, 7) is 1.70. The van der Waals surface area contributed by atoms with E-state index in [0.29, 0.717) is 19.6 Å². The lowest BCUT2D eigenvalue weighted by Gasteiger charge is -2.28. The zero-order chi connectivity index (χ0) is 18.6. The summed E-state index contributed by atoms with van der Waals surface area (Å²) < 4.78 is 30.8. The Hall–Kier alpha value is -1.13. The monoisotopic (exact) mass is 402 g/mol. The predicted octanol–water partition coefficient (Wildman–Crippen LogP) is 0.759. The highest BCUT2D eigenvalue weighted by atomic mass is 32.2. The molecule has 1 aromatic rings. The minimum absolute atomic E-state index is 0.0491. The summed E-state index contributed by atoms with van der Waals surface area (Å²) in [5.74, 6) is 1.36. The molecule has 1 aromatic heterocycles. The molecule has 3 rings (SSSR count). The standard InChI is InChI=1S/C16H26N4O4S2/c1-24-9-8-19(13-6-10-26(22,23)12-13)15(21)11-25-16-18-17-14-5-3-2-4-7-20(14)16/h13H,2-12H2,1H3/t13-/m1/s1. The molecule has 0 aliphatic carbocycles. The van der Waals surface area contributed by atoms with Gasteiger partial charge in [0.15, 0.2) is 15.0 Å². The third-order valence-electron chi connectivity index (χ3n) is 4.91. The average molecular weight is 403 g/mol. The molecule has 1 saturated heterocycles. The molecule has 0 unspecified atom stereocenters. The summed E-state index contributed by atoms with van der Waals surface area (Å²) in [7, 11) is -1.46. The predicted molar refractivity (Wildman–Crippen MR) is 98.9 cm³/mol. The fourth-order valence-electron chi connectivity index (χ4n) is 3.50. The highest BCUT2D eigenvalue weighted by molar-refractivity contribution is 7.99. The summed E-state index contributed by atoms with van der Waals surface area (Å²) in [5.41, 5.74) is 0. The molecule has 8 nitrogen and oxygen atoms in total. The molecule has 0 N–H and O–H groups in total. The van der Waals surface area contributed by atoms with Crippen LogP contribution in [0.5, 0.6) is 0 Å². The number of carbonyl (C=O) groups is 1. The molecule has 2 aliphatic heterocycles. The number of rotatable bonds is 7. The average Bonchev–Trinajstić information content (AvgIpc) is 3.07. The molecule has 3 heterocycles. The van der Waals surface area contributed by atoms with Crippen molar-refractivity contribution in [2.24, 2.45) is 0 Å². The molecule has 0 aromatic carbocycles. The second-order valence-corrected chi connectivity index (χ2v) is 9.96. The van der Waals surface area contributed by atoms with Crippen LogP contribution >= 0.6 is 11.8 Å². The number of aryl methyl sites for hydroxylation is 1. The second-order valence-electron chi connectivity index (χ2n) is 6.79. The van der Waals surface area contributed by atoms with Crippen molar-refractivity contribution in [3.8, 4) is 0 Å². The molecule has 0 bridgehead atoms. The number of carbonyl (C=O) groups excluding carboxylic acids is 1. The van der Waals surface area contributed by atoms with Crippen molar-refractivity contribution in [2.75, 3.05) is 37.5 Å². The van der Waals surface area contributed by atoms with E-state index in [9.17, 15) is 13.2 Å². The lowest BCUT2D eigenvalue weighted by molar-refractivity contribution is -0.130. The van der Waals surface area contributed by atoms with Crippen LogP contribution in [0, 0.1) is 0 Å². The normalized spacial score (nSPS) is 22.0. The highest BCUT2D eigenvalue weighted by Gasteiger charge is 2.34. The zero-order valence-corrected chi connectivity index (χ0v) is 16.7. The van der Waals surface area contributed by atoms with Gasteiger partial charge in [0.25, 0.3) is 0 Å². The van der Waals surface area contributed by atoms with Crippen molar-refractivity contribution in [3.63, 3.8) is 0 Å². The molecule has 146 valence electrons. The first-order valence-electron chi connectivity index (χ1n) is 9.04. The van der Waals surface area contributed by atoms with Crippen molar-refractivity contribution < 1.29 is 17.9 Å². The van der Waals surface area contributed by atoms with E-state index in [1.54, 1.807) is 12.0 Å². The number of fused-ring (bicyclic) bond motifs is 1. The lowest BCUT2D eigenvalue weighted by Crippen LogP contribution is -2.44. The number of aromatic nitrogens is 3. The Bertz CT molecular complexity index is 735. The van der Waals surface area contributed by atoms with E-state index >= 15 is 0 Å². The van der Waals surface area contributed by atoms with Gasteiger partial charge in [-0.3, -0.25) is 4.79 Å². The van der Waals surface area contributed by atoms with Crippen LogP contribution in [0.4, 0.5) is 0 Å². The molecule has 26 heavy (non-hydrogen) atoms. The number of hydrogen-bond acceptors (Lipinski definition) is 7. The van der Waals surface area contributed by atoms with E-state index in [0.717, 1.165) is 36.8 Å². The maximum absolute atomic E-state index is 12.8. The van der Waals surface area contributed by atoms with Crippen molar-refractivity contribution in [1.29, 1.82) is 0 Å². The molecule has 0 radical (unpaired) electrons. The van der Waals surface area contributed by atoms with E-state index in [-0.39, 0.29) is 29.2 Å². The van der Waals surface area contributed by atoms with E-state index < -0.39 is 9.84 Å². The van der Waals surface area contributed by atoms with Crippen molar-refractivity contribution in [2.45, 2.75) is 49.8 Å². The zero-order valence-electron chi connectivity index (χ0n) is 15.1. The van der Waals surface area contributed by atoms with Crippen LogP contribution in [-0.4, -0.2) is 77.6 Å². The smallest absolute Gasteiger partial charge is 0.233 e. The van der Waals surface area contributed by atoms with Crippen LogP contribution in [0.1, 0.15) is 31.5 Å². The first-order chi connectivity index (χ1) is 12.5. The topological polar surface area (TPSA) is 94.4 Å². The van der Waals surface area contributed by atoms with E-state index in [1.165, 1.54) is 18.2 Å².